The van der Waals surface area contributed by atoms with E-state index in [-0.39, 0.29) is 18.4 Å². The standard InChI is InChI=1S/C16H18ClNO4/c17-11-4-6-12(7-5-11)22-9-14(19)18-8-10-2-1-3-13(10)15(18)16(20)21/h4-7,10,13,15H,1-3,8-9H2,(H,20,21). The first-order chi connectivity index (χ1) is 10.6. The maximum absolute atomic E-state index is 12.3. The van der Waals surface area contributed by atoms with E-state index in [0.29, 0.717) is 23.2 Å². The Balaban J connectivity index is 1.64. The second-order valence-electron chi connectivity index (χ2n) is 5.93. The normalized spacial score (nSPS) is 26.8. The minimum atomic E-state index is -0.908. The zero-order valence-corrected chi connectivity index (χ0v) is 12.8. The predicted octanol–water partition coefficient (Wildman–Crippen LogP) is 2.43. The van der Waals surface area contributed by atoms with Gasteiger partial charge in [-0.3, -0.25) is 4.79 Å². The van der Waals surface area contributed by atoms with Crippen molar-refractivity contribution in [2.75, 3.05) is 13.2 Å². The summed E-state index contributed by atoms with van der Waals surface area (Å²) in [6, 6.07) is 6.03. The van der Waals surface area contributed by atoms with Crippen molar-refractivity contribution in [1.82, 2.24) is 4.90 Å². The van der Waals surface area contributed by atoms with Crippen molar-refractivity contribution in [3.05, 3.63) is 29.3 Å². The zero-order valence-electron chi connectivity index (χ0n) is 12.1. The minimum Gasteiger partial charge on any atom is -0.484 e. The second kappa shape index (κ2) is 6.16. The lowest BCUT2D eigenvalue weighted by molar-refractivity contribution is -0.150. The van der Waals surface area contributed by atoms with Crippen LogP contribution in [0, 0.1) is 11.8 Å². The molecule has 6 heteroatoms. The Morgan fingerprint density at radius 2 is 2.00 bits per heavy atom. The number of ether oxygens (including phenoxy) is 1. The van der Waals surface area contributed by atoms with E-state index in [0.717, 1.165) is 19.3 Å². The van der Waals surface area contributed by atoms with E-state index < -0.39 is 12.0 Å². The molecule has 3 atom stereocenters. The molecule has 0 spiro atoms. The molecule has 22 heavy (non-hydrogen) atoms. The summed E-state index contributed by atoms with van der Waals surface area (Å²) in [7, 11) is 0. The summed E-state index contributed by atoms with van der Waals surface area (Å²) in [5.74, 6) is -0.215. The number of aliphatic carboxylic acids is 1. The highest BCUT2D eigenvalue weighted by Gasteiger charge is 2.49. The van der Waals surface area contributed by atoms with Gasteiger partial charge in [0.15, 0.2) is 6.61 Å². The second-order valence-corrected chi connectivity index (χ2v) is 6.36. The molecule has 1 N–H and O–H groups in total. The van der Waals surface area contributed by atoms with Gasteiger partial charge in [0.25, 0.3) is 5.91 Å². The van der Waals surface area contributed by atoms with Crippen LogP contribution in [0.5, 0.6) is 5.75 Å². The van der Waals surface area contributed by atoms with Gasteiger partial charge in [0.2, 0.25) is 0 Å². The molecule has 0 aromatic heterocycles. The van der Waals surface area contributed by atoms with Crippen LogP contribution in [0.4, 0.5) is 0 Å². The summed E-state index contributed by atoms with van der Waals surface area (Å²) in [4.78, 5) is 25.3. The zero-order chi connectivity index (χ0) is 15.7. The molecule has 1 aliphatic heterocycles. The Bertz CT molecular complexity index is 574. The van der Waals surface area contributed by atoms with Crippen LogP contribution in [0.1, 0.15) is 19.3 Å². The predicted molar refractivity (Wildman–Crippen MR) is 80.9 cm³/mol. The number of fused-ring (bicyclic) bond motifs is 1. The van der Waals surface area contributed by atoms with E-state index in [9.17, 15) is 14.7 Å². The highest BCUT2D eigenvalue weighted by molar-refractivity contribution is 6.30. The third-order valence-corrected chi connectivity index (χ3v) is 4.89. The third kappa shape index (κ3) is 2.90. The van der Waals surface area contributed by atoms with Gasteiger partial charge in [-0.15, -0.1) is 0 Å². The van der Waals surface area contributed by atoms with Gasteiger partial charge in [-0.2, -0.15) is 0 Å². The number of carboxylic acid groups (broad SMARTS) is 1. The third-order valence-electron chi connectivity index (χ3n) is 4.64. The lowest BCUT2D eigenvalue weighted by atomic mass is 9.94. The van der Waals surface area contributed by atoms with Crippen LogP contribution in [0.3, 0.4) is 0 Å². The van der Waals surface area contributed by atoms with Crippen LogP contribution in [0.15, 0.2) is 24.3 Å². The molecule has 0 bridgehead atoms. The number of rotatable bonds is 4. The molecule has 1 aromatic carbocycles. The fraction of sp³-hybridized carbons (Fsp3) is 0.500. The molecular formula is C16H18ClNO4. The van der Waals surface area contributed by atoms with E-state index in [2.05, 4.69) is 0 Å². The molecule has 1 aliphatic carbocycles. The Morgan fingerprint density at radius 1 is 1.27 bits per heavy atom. The smallest absolute Gasteiger partial charge is 0.326 e. The molecule has 1 heterocycles. The van der Waals surface area contributed by atoms with Crippen molar-refractivity contribution in [2.24, 2.45) is 11.8 Å². The van der Waals surface area contributed by atoms with E-state index in [1.807, 2.05) is 0 Å². The summed E-state index contributed by atoms with van der Waals surface area (Å²) >= 11 is 5.79. The largest absolute Gasteiger partial charge is 0.484 e. The van der Waals surface area contributed by atoms with Gasteiger partial charge in [-0.1, -0.05) is 18.0 Å². The Labute approximate surface area is 133 Å². The molecule has 3 unspecified atom stereocenters. The average Bonchev–Trinajstić information content (AvgIpc) is 3.06. The highest BCUT2D eigenvalue weighted by Crippen LogP contribution is 2.42. The quantitative estimate of drug-likeness (QED) is 0.924. The summed E-state index contributed by atoms with van der Waals surface area (Å²) in [6.45, 7) is 0.384. The maximum Gasteiger partial charge on any atom is 0.326 e. The van der Waals surface area contributed by atoms with E-state index in [4.69, 9.17) is 16.3 Å². The fourth-order valence-electron chi connectivity index (χ4n) is 3.64. The van der Waals surface area contributed by atoms with Crippen LogP contribution < -0.4 is 4.74 Å². The van der Waals surface area contributed by atoms with Crippen LogP contribution in [-0.4, -0.2) is 41.1 Å². The minimum absolute atomic E-state index is 0.0944. The lowest BCUT2D eigenvalue weighted by Gasteiger charge is -2.24. The lowest BCUT2D eigenvalue weighted by Crippen LogP contribution is -2.45. The first-order valence-electron chi connectivity index (χ1n) is 7.47. The van der Waals surface area contributed by atoms with Crippen molar-refractivity contribution in [1.29, 1.82) is 0 Å². The Hall–Kier alpha value is -1.75. The Morgan fingerprint density at radius 3 is 2.68 bits per heavy atom. The van der Waals surface area contributed by atoms with Gasteiger partial charge in [0.1, 0.15) is 11.8 Å². The van der Waals surface area contributed by atoms with Gasteiger partial charge in [-0.25, -0.2) is 4.79 Å². The molecular weight excluding hydrogens is 306 g/mol. The maximum atomic E-state index is 12.3. The van der Waals surface area contributed by atoms with Gasteiger partial charge in [0.05, 0.1) is 0 Å². The SMILES string of the molecule is O=C(O)C1C2CCCC2CN1C(=O)COc1ccc(Cl)cc1. The van der Waals surface area contributed by atoms with Crippen LogP contribution in [0.2, 0.25) is 5.02 Å². The fourth-order valence-corrected chi connectivity index (χ4v) is 3.76. The van der Waals surface area contributed by atoms with Crippen LogP contribution in [0.25, 0.3) is 0 Å². The summed E-state index contributed by atoms with van der Waals surface area (Å²) in [5, 5.41) is 10.0. The van der Waals surface area contributed by atoms with E-state index in [1.165, 1.54) is 4.90 Å². The number of benzene rings is 1. The van der Waals surface area contributed by atoms with Crippen molar-refractivity contribution in [2.45, 2.75) is 25.3 Å². The monoisotopic (exact) mass is 323 g/mol. The van der Waals surface area contributed by atoms with Crippen LogP contribution in [-0.2, 0) is 9.59 Å². The summed E-state index contributed by atoms with van der Waals surface area (Å²) in [6.07, 6.45) is 2.96. The number of carboxylic acids is 1. The van der Waals surface area contributed by atoms with Crippen molar-refractivity contribution in [3.63, 3.8) is 0 Å². The number of amides is 1. The number of hydrogen-bond acceptors (Lipinski definition) is 3. The molecule has 1 saturated carbocycles. The topological polar surface area (TPSA) is 66.8 Å². The first-order valence-corrected chi connectivity index (χ1v) is 7.84. The number of carbonyl (C=O) groups excluding carboxylic acids is 1. The number of nitrogens with zero attached hydrogens (tertiary/aromatic N) is 1. The molecule has 1 aromatic rings. The Kier molecular flexibility index (Phi) is 4.25. The number of likely N-dealkylation sites (tertiary alicyclic amines) is 1. The van der Waals surface area contributed by atoms with Gasteiger partial charge >= 0.3 is 5.97 Å². The molecule has 118 valence electrons. The molecule has 5 nitrogen and oxygen atoms in total. The number of carbonyl (C=O) groups is 2. The molecule has 3 rings (SSSR count). The molecule has 2 fully saturated rings. The number of halogens is 1. The average molecular weight is 324 g/mol. The van der Waals surface area contributed by atoms with Crippen LogP contribution >= 0.6 is 11.6 Å². The molecule has 1 saturated heterocycles. The molecule has 2 aliphatic rings. The van der Waals surface area contributed by atoms with Gasteiger partial charge in [-0.05, 0) is 48.9 Å². The number of hydrogen-bond donors (Lipinski definition) is 1. The van der Waals surface area contributed by atoms with E-state index in [1.54, 1.807) is 24.3 Å². The molecule has 0 radical (unpaired) electrons. The van der Waals surface area contributed by atoms with E-state index >= 15 is 0 Å². The first kappa shape index (κ1) is 15.2. The van der Waals surface area contributed by atoms with Crippen molar-refractivity contribution >= 4 is 23.5 Å². The highest BCUT2D eigenvalue weighted by atomic mass is 35.5. The van der Waals surface area contributed by atoms with Crippen molar-refractivity contribution in [3.8, 4) is 5.75 Å². The van der Waals surface area contributed by atoms with Crippen molar-refractivity contribution < 1.29 is 19.4 Å². The summed E-state index contributed by atoms with van der Waals surface area (Å²) < 4.78 is 5.44. The molecule has 1 amide bonds. The summed E-state index contributed by atoms with van der Waals surface area (Å²) in [5.41, 5.74) is 0. The van der Waals surface area contributed by atoms with Gasteiger partial charge in [0, 0.05) is 11.6 Å². The van der Waals surface area contributed by atoms with Gasteiger partial charge < -0.3 is 14.7 Å².